The van der Waals surface area contributed by atoms with Crippen molar-refractivity contribution in [3.8, 4) is 6.01 Å². The molecule has 1 unspecified atom stereocenters. The number of halogens is 1. The van der Waals surface area contributed by atoms with E-state index in [1.165, 1.54) is 0 Å². The Morgan fingerprint density at radius 1 is 1.36 bits per heavy atom. The summed E-state index contributed by atoms with van der Waals surface area (Å²) in [4.78, 5) is 32.3. The van der Waals surface area contributed by atoms with E-state index in [-0.39, 0.29) is 36.8 Å². The molecular weight excluding hydrogens is 293 g/mol. The van der Waals surface area contributed by atoms with Gasteiger partial charge in [-0.15, -0.1) is 0 Å². The summed E-state index contributed by atoms with van der Waals surface area (Å²) < 4.78 is 23.0. The van der Waals surface area contributed by atoms with Crippen LogP contribution in [0.3, 0.4) is 0 Å². The second-order valence-corrected chi connectivity index (χ2v) is 4.86. The third kappa shape index (κ3) is 4.64. The average molecular weight is 311 g/mol. The fourth-order valence-electron chi connectivity index (χ4n) is 2.16. The predicted molar refractivity (Wildman–Crippen MR) is 73.5 cm³/mol. The Labute approximate surface area is 127 Å². The number of hydrogen-bond acceptors (Lipinski definition) is 6. The van der Waals surface area contributed by atoms with Gasteiger partial charge in [-0.1, -0.05) is 0 Å². The first-order valence-corrected chi connectivity index (χ1v) is 7.16. The van der Waals surface area contributed by atoms with Gasteiger partial charge in [-0.05, 0) is 6.92 Å². The summed E-state index contributed by atoms with van der Waals surface area (Å²) in [7, 11) is 0. The van der Waals surface area contributed by atoms with Crippen molar-refractivity contribution in [2.24, 2.45) is 0 Å². The molecule has 1 amide bonds. The van der Waals surface area contributed by atoms with Crippen molar-refractivity contribution in [3.63, 3.8) is 0 Å². The molecule has 22 heavy (non-hydrogen) atoms. The van der Waals surface area contributed by atoms with E-state index in [2.05, 4.69) is 9.97 Å². The Morgan fingerprint density at radius 3 is 2.77 bits per heavy atom. The maximum absolute atomic E-state index is 12.7. The first-order chi connectivity index (χ1) is 10.6. The maximum atomic E-state index is 12.7. The third-order valence-corrected chi connectivity index (χ3v) is 3.21. The van der Waals surface area contributed by atoms with Crippen molar-refractivity contribution in [2.75, 3.05) is 19.7 Å². The second-order valence-electron chi connectivity index (χ2n) is 4.86. The summed E-state index contributed by atoms with van der Waals surface area (Å²) in [5.74, 6) is -1.02. The standard InChI is InChI=1S/C14H18FN3O4/c1-2-21-13(20)4-3-12(19)18-6-5-11(9-18)22-14-16-7-10(15)8-17-14/h7-8,11H,2-6,9H2,1H3. The molecule has 0 aliphatic carbocycles. The number of rotatable bonds is 6. The highest BCUT2D eigenvalue weighted by Gasteiger charge is 2.28. The highest BCUT2D eigenvalue weighted by Crippen LogP contribution is 2.16. The van der Waals surface area contributed by atoms with Gasteiger partial charge < -0.3 is 14.4 Å². The number of amides is 1. The molecule has 1 atom stereocenters. The first-order valence-electron chi connectivity index (χ1n) is 7.16. The molecule has 0 N–H and O–H groups in total. The molecule has 2 heterocycles. The molecule has 1 fully saturated rings. The van der Waals surface area contributed by atoms with Crippen LogP contribution in [-0.2, 0) is 14.3 Å². The summed E-state index contributed by atoms with van der Waals surface area (Å²) in [6.45, 7) is 2.99. The Hall–Kier alpha value is -2.25. The molecule has 8 heteroatoms. The van der Waals surface area contributed by atoms with Gasteiger partial charge in [-0.3, -0.25) is 9.59 Å². The minimum absolute atomic E-state index is 0.0791. The van der Waals surface area contributed by atoms with E-state index in [0.29, 0.717) is 26.1 Å². The largest absolute Gasteiger partial charge is 0.466 e. The van der Waals surface area contributed by atoms with Crippen LogP contribution in [0, 0.1) is 5.82 Å². The Kier molecular flexibility index (Phi) is 5.62. The van der Waals surface area contributed by atoms with Crippen LogP contribution in [0.25, 0.3) is 0 Å². The molecule has 0 saturated carbocycles. The van der Waals surface area contributed by atoms with Crippen molar-refractivity contribution in [1.82, 2.24) is 14.9 Å². The van der Waals surface area contributed by atoms with Crippen molar-refractivity contribution in [2.45, 2.75) is 32.3 Å². The Balaban J connectivity index is 1.76. The highest BCUT2D eigenvalue weighted by atomic mass is 19.1. The van der Waals surface area contributed by atoms with E-state index >= 15 is 0 Å². The van der Waals surface area contributed by atoms with Crippen LogP contribution in [0.15, 0.2) is 12.4 Å². The average Bonchev–Trinajstić information content (AvgIpc) is 2.96. The SMILES string of the molecule is CCOC(=O)CCC(=O)N1CCC(Oc2ncc(F)cn2)C1. The van der Waals surface area contributed by atoms with Gasteiger partial charge in [-0.2, -0.15) is 0 Å². The zero-order chi connectivity index (χ0) is 15.9. The number of esters is 1. The molecule has 1 aliphatic heterocycles. The Bertz CT molecular complexity index is 523. The van der Waals surface area contributed by atoms with Crippen LogP contribution in [0.5, 0.6) is 6.01 Å². The summed E-state index contributed by atoms with van der Waals surface area (Å²) >= 11 is 0. The van der Waals surface area contributed by atoms with Gasteiger partial charge in [-0.25, -0.2) is 14.4 Å². The predicted octanol–water partition coefficient (Wildman–Crippen LogP) is 0.939. The normalized spacial score (nSPS) is 17.4. The van der Waals surface area contributed by atoms with Gasteiger partial charge in [0.05, 0.1) is 32.0 Å². The van der Waals surface area contributed by atoms with Gasteiger partial charge in [0, 0.05) is 19.4 Å². The zero-order valence-electron chi connectivity index (χ0n) is 12.3. The molecule has 0 aromatic carbocycles. The van der Waals surface area contributed by atoms with E-state index in [1.54, 1.807) is 11.8 Å². The maximum Gasteiger partial charge on any atom is 0.316 e. The molecule has 1 aromatic rings. The molecule has 120 valence electrons. The van der Waals surface area contributed by atoms with Gasteiger partial charge in [0.2, 0.25) is 5.91 Å². The lowest BCUT2D eigenvalue weighted by Crippen LogP contribution is -2.31. The molecule has 0 spiro atoms. The van der Waals surface area contributed by atoms with Crippen molar-refractivity contribution < 1.29 is 23.5 Å². The molecule has 0 bridgehead atoms. The fraction of sp³-hybridized carbons (Fsp3) is 0.571. The monoisotopic (exact) mass is 311 g/mol. The van der Waals surface area contributed by atoms with E-state index in [4.69, 9.17) is 9.47 Å². The van der Waals surface area contributed by atoms with E-state index in [1.807, 2.05) is 0 Å². The molecule has 7 nitrogen and oxygen atoms in total. The second kappa shape index (κ2) is 7.67. The van der Waals surface area contributed by atoms with Crippen LogP contribution < -0.4 is 4.74 Å². The number of ether oxygens (including phenoxy) is 2. The lowest BCUT2D eigenvalue weighted by molar-refractivity contribution is -0.145. The molecule has 1 aliphatic rings. The summed E-state index contributed by atoms with van der Waals surface area (Å²) in [6.07, 6.45) is 2.68. The van der Waals surface area contributed by atoms with Gasteiger partial charge in [0.15, 0.2) is 5.82 Å². The number of aromatic nitrogens is 2. The molecule has 2 rings (SSSR count). The summed E-state index contributed by atoms with van der Waals surface area (Å²) in [5.41, 5.74) is 0. The van der Waals surface area contributed by atoms with Gasteiger partial charge in [0.25, 0.3) is 0 Å². The number of nitrogens with zero attached hydrogens (tertiary/aromatic N) is 3. The number of carbonyl (C=O) groups is 2. The molecule has 0 radical (unpaired) electrons. The highest BCUT2D eigenvalue weighted by molar-refractivity contribution is 5.81. The topological polar surface area (TPSA) is 81.6 Å². The first kappa shape index (κ1) is 16.1. The van der Waals surface area contributed by atoms with Crippen LogP contribution in [0.4, 0.5) is 4.39 Å². The smallest absolute Gasteiger partial charge is 0.316 e. The minimum atomic E-state index is -0.533. The number of hydrogen-bond donors (Lipinski definition) is 0. The number of carbonyl (C=O) groups excluding carboxylic acids is 2. The van der Waals surface area contributed by atoms with Crippen molar-refractivity contribution >= 4 is 11.9 Å². The Morgan fingerprint density at radius 2 is 2.09 bits per heavy atom. The summed E-state index contributed by atoms with van der Waals surface area (Å²) in [6, 6.07) is 0.0900. The van der Waals surface area contributed by atoms with E-state index < -0.39 is 5.82 Å². The third-order valence-electron chi connectivity index (χ3n) is 3.21. The molecule has 1 saturated heterocycles. The van der Waals surface area contributed by atoms with Gasteiger partial charge >= 0.3 is 12.0 Å². The molecule has 1 aromatic heterocycles. The van der Waals surface area contributed by atoms with Crippen molar-refractivity contribution in [1.29, 1.82) is 0 Å². The lowest BCUT2D eigenvalue weighted by atomic mass is 10.3. The van der Waals surface area contributed by atoms with Gasteiger partial charge in [0.1, 0.15) is 6.10 Å². The van der Waals surface area contributed by atoms with Crippen LogP contribution in [0.1, 0.15) is 26.2 Å². The van der Waals surface area contributed by atoms with Crippen molar-refractivity contribution in [3.05, 3.63) is 18.2 Å². The quantitative estimate of drug-likeness (QED) is 0.727. The van der Waals surface area contributed by atoms with Crippen LogP contribution in [-0.4, -0.2) is 52.5 Å². The number of likely N-dealkylation sites (tertiary alicyclic amines) is 1. The van der Waals surface area contributed by atoms with E-state index in [0.717, 1.165) is 12.4 Å². The lowest BCUT2D eigenvalue weighted by Gasteiger charge is -2.16. The van der Waals surface area contributed by atoms with Crippen LogP contribution >= 0.6 is 0 Å². The van der Waals surface area contributed by atoms with Crippen LogP contribution in [0.2, 0.25) is 0 Å². The zero-order valence-corrected chi connectivity index (χ0v) is 12.3. The minimum Gasteiger partial charge on any atom is -0.466 e. The fourth-order valence-corrected chi connectivity index (χ4v) is 2.16. The van der Waals surface area contributed by atoms with E-state index in [9.17, 15) is 14.0 Å². The molecular formula is C14H18FN3O4. The summed E-state index contributed by atoms with van der Waals surface area (Å²) in [5, 5.41) is 0.